The summed E-state index contributed by atoms with van der Waals surface area (Å²) in [6.45, 7) is 1.98. The molecule has 0 radical (unpaired) electrons. The minimum absolute atomic E-state index is 0.544. The number of aliphatic hydroxyl groups excluding tert-OH is 1. The quantitative estimate of drug-likeness (QED) is 0.544. The predicted octanol–water partition coefficient (Wildman–Crippen LogP) is 3.15. The van der Waals surface area contributed by atoms with Crippen molar-refractivity contribution >= 4 is 0 Å². The van der Waals surface area contributed by atoms with Gasteiger partial charge in [0.2, 0.25) is 5.76 Å². The minimum Gasteiger partial charge on any atom is -0.487 e. The summed E-state index contributed by atoms with van der Waals surface area (Å²) in [7, 11) is 0. The van der Waals surface area contributed by atoms with Crippen LogP contribution >= 0.6 is 0 Å². The molecule has 0 bridgehead atoms. The van der Waals surface area contributed by atoms with Crippen LogP contribution in [0.2, 0.25) is 0 Å². The standard InChI is InChI=1S/C11H14O/c1-8-6-7-9-4-2-3-5-10(9)11(8)12/h6-7,9H,2-5H2,1H3/p+1/t9-/m1/s1. The van der Waals surface area contributed by atoms with E-state index in [1.165, 1.54) is 24.8 Å². The topological polar surface area (TPSA) is 20.2 Å². The third kappa shape index (κ3) is 1.13. The van der Waals surface area contributed by atoms with Crippen LogP contribution in [0.5, 0.6) is 0 Å². The second-order valence-electron chi connectivity index (χ2n) is 3.77. The zero-order valence-electron chi connectivity index (χ0n) is 7.51. The van der Waals surface area contributed by atoms with Crippen molar-refractivity contribution in [1.29, 1.82) is 0 Å². The molecule has 1 atom stereocenters. The van der Waals surface area contributed by atoms with Crippen LogP contribution in [-0.4, -0.2) is 5.11 Å². The van der Waals surface area contributed by atoms with Gasteiger partial charge in [-0.05, 0) is 19.3 Å². The first-order chi connectivity index (χ1) is 5.79. The molecule has 2 aliphatic carbocycles. The zero-order chi connectivity index (χ0) is 8.55. The highest BCUT2D eigenvalue weighted by Gasteiger charge is 2.32. The highest BCUT2D eigenvalue weighted by molar-refractivity contribution is 5.38. The maximum atomic E-state index is 9.76. The Labute approximate surface area is 73.8 Å². The second kappa shape index (κ2) is 2.89. The van der Waals surface area contributed by atoms with Crippen LogP contribution in [0.15, 0.2) is 23.5 Å². The van der Waals surface area contributed by atoms with Crippen molar-refractivity contribution in [3.63, 3.8) is 0 Å². The number of fused-ring (bicyclic) bond motifs is 1. The number of allylic oxidation sites excluding steroid dienone is 3. The molecule has 1 nitrogen and oxygen atoms in total. The molecule has 2 aliphatic rings. The fourth-order valence-electron chi connectivity index (χ4n) is 2.14. The molecule has 0 spiro atoms. The molecule has 0 aromatic heterocycles. The van der Waals surface area contributed by atoms with Crippen LogP contribution in [0.4, 0.5) is 0 Å². The zero-order valence-corrected chi connectivity index (χ0v) is 7.51. The van der Waals surface area contributed by atoms with Gasteiger partial charge in [0, 0.05) is 19.4 Å². The fraction of sp³-hybridized carbons (Fsp3) is 0.545. The molecule has 0 saturated heterocycles. The molecule has 12 heavy (non-hydrogen) atoms. The molecule has 0 aliphatic heterocycles. The molecule has 1 heteroatoms. The first kappa shape index (κ1) is 7.78. The fourth-order valence-corrected chi connectivity index (χ4v) is 2.14. The van der Waals surface area contributed by atoms with Crippen LogP contribution < -0.4 is 0 Å². The Hall–Kier alpha value is -0.850. The summed E-state index contributed by atoms with van der Waals surface area (Å²) >= 11 is 0. The van der Waals surface area contributed by atoms with E-state index in [0.717, 1.165) is 12.3 Å². The van der Waals surface area contributed by atoms with Gasteiger partial charge in [-0.25, -0.2) is 0 Å². The van der Waals surface area contributed by atoms with Crippen LogP contribution in [-0.2, 0) is 0 Å². The van der Waals surface area contributed by atoms with E-state index < -0.39 is 0 Å². The van der Waals surface area contributed by atoms with Crippen molar-refractivity contribution in [3.05, 3.63) is 29.4 Å². The van der Waals surface area contributed by atoms with Crippen molar-refractivity contribution in [3.8, 4) is 0 Å². The van der Waals surface area contributed by atoms with E-state index in [9.17, 15) is 5.11 Å². The molecular formula is C11H15O+. The summed E-state index contributed by atoms with van der Waals surface area (Å²) in [4.78, 5) is 0. The van der Waals surface area contributed by atoms with Gasteiger partial charge < -0.3 is 5.11 Å². The summed E-state index contributed by atoms with van der Waals surface area (Å²) in [6, 6.07) is 0. The Morgan fingerprint density at radius 1 is 1.50 bits per heavy atom. The normalized spacial score (nSPS) is 29.1. The maximum Gasteiger partial charge on any atom is 0.231 e. The van der Waals surface area contributed by atoms with Gasteiger partial charge >= 0.3 is 0 Å². The lowest BCUT2D eigenvalue weighted by atomic mass is 9.78. The largest absolute Gasteiger partial charge is 0.487 e. The van der Waals surface area contributed by atoms with Gasteiger partial charge in [0.25, 0.3) is 0 Å². The van der Waals surface area contributed by atoms with Gasteiger partial charge in [0.05, 0.1) is 23.5 Å². The van der Waals surface area contributed by atoms with Crippen molar-refractivity contribution in [1.82, 2.24) is 0 Å². The van der Waals surface area contributed by atoms with Crippen LogP contribution in [0, 0.1) is 11.8 Å². The van der Waals surface area contributed by atoms with Crippen molar-refractivity contribution in [2.24, 2.45) is 5.92 Å². The smallest absolute Gasteiger partial charge is 0.231 e. The molecule has 1 saturated carbocycles. The molecule has 0 aromatic carbocycles. The van der Waals surface area contributed by atoms with Gasteiger partial charge in [-0.15, -0.1) is 0 Å². The molecule has 0 unspecified atom stereocenters. The SMILES string of the molecule is C[C+]1C=C[C@H]2CCCCC2=C1O. The summed E-state index contributed by atoms with van der Waals surface area (Å²) in [5.74, 6) is 2.15. The predicted molar refractivity (Wildman–Crippen MR) is 49.7 cm³/mol. The lowest BCUT2D eigenvalue weighted by molar-refractivity contribution is 0.372. The maximum absolute atomic E-state index is 9.76. The van der Waals surface area contributed by atoms with E-state index in [0.29, 0.717) is 11.7 Å². The molecule has 0 amide bonds. The second-order valence-corrected chi connectivity index (χ2v) is 3.77. The molecule has 64 valence electrons. The van der Waals surface area contributed by atoms with Crippen molar-refractivity contribution < 1.29 is 5.11 Å². The first-order valence-corrected chi connectivity index (χ1v) is 4.73. The molecular weight excluding hydrogens is 148 g/mol. The lowest BCUT2D eigenvalue weighted by Crippen LogP contribution is -2.15. The Morgan fingerprint density at radius 2 is 2.33 bits per heavy atom. The third-order valence-corrected chi connectivity index (χ3v) is 2.92. The minimum atomic E-state index is 0.544. The Balaban J connectivity index is 2.27. The van der Waals surface area contributed by atoms with E-state index in [-0.39, 0.29) is 0 Å². The Bertz CT molecular complexity index is 237. The van der Waals surface area contributed by atoms with Crippen molar-refractivity contribution in [2.45, 2.75) is 32.6 Å². The van der Waals surface area contributed by atoms with Gasteiger partial charge in [0.15, 0.2) is 0 Å². The average molecular weight is 163 g/mol. The highest BCUT2D eigenvalue weighted by atomic mass is 16.3. The van der Waals surface area contributed by atoms with E-state index in [4.69, 9.17) is 0 Å². The summed E-state index contributed by atoms with van der Waals surface area (Å²) < 4.78 is 0. The number of rotatable bonds is 0. The van der Waals surface area contributed by atoms with E-state index in [1.807, 2.05) is 6.92 Å². The number of hydrogen-bond donors (Lipinski definition) is 1. The monoisotopic (exact) mass is 163 g/mol. The van der Waals surface area contributed by atoms with Crippen molar-refractivity contribution in [2.75, 3.05) is 0 Å². The average Bonchev–Trinajstić information content (AvgIpc) is 2.12. The first-order valence-electron chi connectivity index (χ1n) is 4.73. The van der Waals surface area contributed by atoms with E-state index in [2.05, 4.69) is 12.2 Å². The highest BCUT2D eigenvalue weighted by Crippen LogP contribution is 2.37. The van der Waals surface area contributed by atoms with Gasteiger partial charge in [0.1, 0.15) is 0 Å². The summed E-state index contributed by atoms with van der Waals surface area (Å²) in [5.41, 5.74) is 1.28. The lowest BCUT2D eigenvalue weighted by Gasteiger charge is -2.21. The molecule has 0 aromatic rings. The van der Waals surface area contributed by atoms with Gasteiger partial charge in [-0.3, -0.25) is 0 Å². The summed E-state index contributed by atoms with van der Waals surface area (Å²) in [6.07, 6.45) is 9.17. The van der Waals surface area contributed by atoms with Crippen LogP contribution in [0.25, 0.3) is 0 Å². The molecule has 1 N–H and O–H groups in total. The van der Waals surface area contributed by atoms with E-state index in [1.54, 1.807) is 0 Å². The van der Waals surface area contributed by atoms with E-state index >= 15 is 0 Å². The number of hydrogen-bond acceptors (Lipinski definition) is 1. The van der Waals surface area contributed by atoms with Gasteiger partial charge in [-0.2, -0.15) is 0 Å². The Morgan fingerprint density at radius 3 is 3.17 bits per heavy atom. The molecule has 0 heterocycles. The molecule has 2 rings (SSSR count). The summed E-state index contributed by atoms with van der Waals surface area (Å²) in [5, 5.41) is 9.76. The van der Waals surface area contributed by atoms with Gasteiger partial charge in [-0.1, -0.05) is 0 Å². The Kier molecular flexibility index (Phi) is 1.87. The van der Waals surface area contributed by atoms with Crippen LogP contribution in [0.3, 0.4) is 0 Å². The molecule has 1 fully saturated rings. The van der Waals surface area contributed by atoms with Crippen LogP contribution in [0.1, 0.15) is 32.6 Å². The third-order valence-electron chi connectivity index (χ3n) is 2.92. The number of aliphatic hydroxyl groups is 1.